The maximum Gasteiger partial charge on any atom is 0.270 e. The highest BCUT2D eigenvalue weighted by atomic mass is 32.2. The van der Waals surface area contributed by atoms with E-state index in [-0.39, 0.29) is 16.4 Å². The van der Waals surface area contributed by atoms with Crippen LogP contribution in [-0.2, 0) is 9.84 Å². The van der Waals surface area contributed by atoms with Crippen molar-refractivity contribution < 1.29 is 17.2 Å². The number of rotatable bonds is 5. The third-order valence-electron chi connectivity index (χ3n) is 5.59. The van der Waals surface area contributed by atoms with Crippen molar-refractivity contribution in [3.05, 3.63) is 40.7 Å². The van der Waals surface area contributed by atoms with Gasteiger partial charge in [-0.25, -0.2) is 17.2 Å². The van der Waals surface area contributed by atoms with Crippen LogP contribution >= 0.6 is 0 Å². The van der Waals surface area contributed by atoms with E-state index >= 15 is 0 Å². The zero-order valence-electron chi connectivity index (χ0n) is 18.6. The minimum absolute atomic E-state index is 0.00739. The van der Waals surface area contributed by atoms with E-state index in [1.54, 1.807) is 13.0 Å². The van der Waals surface area contributed by atoms with Crippen LogP contribution in [0.5, 0.6) is 0 Å². The van der Waals surface area contributed by atoms with Gasteiger partial charge >= 0.3 is 0 Å². The molecule has 2 saturated heterocycles. The van der Waals surface area contributed by atoms with E-state index in [0.29, 0.717) is 17.1 Å². The quantitative estimate of drug-likeness (QED) is 0.568. The number of halogens is 2. The molecular formula is C23H35F2NO2S. The van der Waals surface area contributed by atoms with Gasteiger partial charge in [0.1, 0.15) is 0 Å². The maximum absolute atomic E-state index is 13.6. The third-order valence-corrected chi connectivity index (χ3v) is 7.70. The SMILES string of the molecule is CC.CC1=C=C(CC(C)(C)CN2CCC3(C2)CS(=O)(=O)C3)C=CC(C(C)(F)F)=C1. The number of sulfone groups is 1. The second-order valence-corrected chi connectivity index (χ2v) is 11.6. The molecular weight excluding hydrogens is 392 g/mol. The van der Waals surface area contributed by atoms with Gasteiger partial charge in [-0.05, 0) is 48.9 Å². The van der Waals surface area contributed by atoms with Crippen molar-refractivity contribution in [3.8, 4) is 0 Å². The maximum atomic E-state index is 13.6. The highest BCUT2D eigenvalue weighted by Gasteiger charge is 2.52. The third kappa shape index (κ3) is 6.37. The minimum Gasteiger partial charge on any atom is -0.302 e. The molecule has 2 aliphatic heterocycles. The van der Waals surface area contributed by atoms with E-state index in [9.17, 15) is 17.2 Å². The summed E-state index contributed by atoms with van der Waals surface area (Å²) in [5.74, 6) is -2.21. The van der Waals surface area contributed by atoms with Crippen LogP contribution in [0, 0.1) is 10.8 Å². The number of alkyl halides is 2. The first-order valence-corrected chi connectivity index (χ1v) is 12.3. The molecule has 3 nitrogen and oxygen atoms in total. The Morgan fingerprint density at radius 3 is 2.34 bits per heavy atom. The summed E-state index contributed by atoms with van der Waals surface area (Å²) in [6.45, 7) is 13.7. The number of hydrogen-bond acceptors (Lipinski definition) is 3. The summed E-state index contributed by atoms with van der Waals surface area (Å²) in [7, 11) is -2.81. The molecule has 0 amide bonds. The molecule has 0 aromatic rings. The first-order chi connectivity index (χ1) is 13.3. The summed E-state index contributed by atoms with van der Waals surface area (Å²) in [5.41, 5.74) is 4.81. The van der Waals surface area contributed by atoms with Crippen LogP contribution in [-0.4, -0.2) is 50.4 Å². The van der Waals surface area contributed by atoms with E-state index in [2.05, 4.69) is 24.5 Å². The van der Waals surface area contributed by atoms with Crippen molar-refractivity contribution >= 4 is 9.84 Å². The zero-order chi connectivity index (χ0) is 22.1. The smallest absolute Gasteiger partial charge is 0.270 e. The molecule has 0 saturated carbocycles. The minimum atomic E-state index is -2.86. The predicted octanol–water partition coefficient (Wildman–Crippen LogP) is 5.17. The summed E-state index contributed by atoms with van der Waals surface area (Å²) in [5, 5.41) is 0. The molecule has 164 valence electrons. The summed E-state index contributed by atoms with van der Waals surface area (Å²) < 4.78 is 50.4. The Bertz CT molecular complexity index is 842. The molecule has 2 fully saturated rings. The molecule has 3 aliphatic rings. The van der Waals surface area contributed by atoms with Crippen molar-refractivity contribution in [1.82, 2.24) is 4.90 Å². The number of likely N-dealkylation sites (tertiary alicyclic amines) is 1. The predicted molar refractivity (Wildman–Crippen MR) is 116 cm³/mol. The topological polar surface area (TPSA) is 37.4 Å². The van der Waals surface area contributed by atoms with Gasteiger partial charge < -0.3 is 4.90 Å². The van der Waals surface area contributed by atoms with E-state index in [0.717, 1.165) is 45.0 Å². The summed E-state index contributed by atoms with van der Waals surface area (Å²) in [6.07, 6.45) is 6.43. The Kier molecular flexibility index (Phi) is 7.04. The van der Waals surface area contributed by atoms with Crippen LogP contribution in [0.3, 0.4) is 0 Å². The zero-order valence-corrected chi connectivity index (χ0v) is 19.4. The van der Waals surface area contributed by atoms with Crippen molar-refractivity contribution in [2.24, 2.45) is 10.8 Å². The Labute approximate surface area is 175 Å². The fourth-order valence-corrected chi connectivity index (χ4v) is 6.90. The molecule has 0 N–H and O–H groups in total. The van der Waals surface area contributed by atoms with Crippen molar-refractivity contribution in [2.45, 2.75) is 60.3 Å². The van der Waals surface area contributed by atoms with Gasteiger partial charge in [0, 0.05) is 31.0 Å². The van der Waals surface area contributed by atoms with Crippen LogP contribution in [0.4, 0.5) is 8.78 Å². The molecule has 0 unspecified atom stereocenters. The van der Waals surface area contributed by atoms with Gasteiger partial charge in [-0.1, -0.05) is 39.8 Å². The molecule has 3 rings (SSSR count). The number of nitrogens with zero attached hydrogens (tertiary/aromatic N) is 1. The van der Waals surface area contributed by atoms with E-state index in [4.69, 9.17) is 0 Å². The molecule has 0 bridgehead atoms. The van der Waals surface area contributed by atoms with Crippen molar-refractivity contribution in [3.63, 3.8) is 0 Å². The average molecular weight is 428 g/mol. The van der Waals surface area contributed by atoms with Gasteiger partial charge in [0.05, 0.1) is 11.5 Å². The summed E-state index contributed by atoms with van der Waals surface area (Å²) in [4.78, 5) is 2.36. The normalized spacial score (nSPS) is 23.4. The standard InChI is InChI=1S/C21H29F2NO2S.C2H6/c1-16-9-17(5-6-18(10-16)20(4,22)23)11-19(2,3)12-24-8-7-21(13-24)14-27(25,26)15-21;1-2/h5-6,10H,7-8,11-15H2,1-4H3;1-2H3. The van der Waals surface area contributed by atoms with Gasteiger partial charge in [0.25, 0.3) is 5.92 Å². The Morgan fingerprint density at radius 1 is 1.17 bits per heavy atom. The van der Waals surface area contributed by atoms with Crippen molar-refractivity contribution in [1.29, 1.82) is 0 Å². The van der Waals surface area contributed by atoms with E-state index < -0.39 is 15.8 Å². The van der Waals surface area contributed by atoms with Crippen LogP contribution in [0.2, 0.25) is 0 Å². The van der Waals surface area contributed by atoms with Gasteiger partial charge in [0.15, 0.2) is 9.84 Å². The van der Waals surface area contributed by atoms with Gasteiger partial charge in [-0.2, -0.15) is 0 Å². The molecule has 1 aliphatic carbocycles. The van der Waals surface area contributed by atoms with Gasteiger partial charge in [-0.15, -0.1) is 5.73 Å². The Hall–Kier alpha value is -1.23. The number of hydrogen-bond donors (Lipinski definition) is 0. The molecule has 0 radical (unpaired) electrons. The highest BCUT2D eigenvalue weighted by Crippen LogP contribution is 2.42. The lowest BCUT2D eigenvalue weighted by molar-refractivity contribution is 0.0674. The first-order valence-electron chi connectivity index (χ1n) is 10.5. The monoisotopic (exact) mass is 427 g/mol. The first kappa shape index (κ1) is 24.0. The van der Waals surface area contributed by atoms with Crippen LogP contribution in [0.15, 0.2) is 40.7 Å². The molecule has 2 heterocycles. The highest BCUT2D eigenvalue weighted by molar-refractivity contribution is 7.92. The van der Waals surface area contributed by atoms with Crippen LogP contribution < -0.4 is 0 Å². The molecule has 0 atom stereocenters. The lowest BCUT2D eigenvalue weighted by atomic mass is 9.84. The van der Waals surface area contributed by atoms with E-state index in [1.807, 2.05) is 13.8 Å². The van der Waals surface area contributed by atoms with E-state index in [1.165, 1.54) is 12.2 Å². The average Bonchev–Trinajstić information content (AvgIpc) is 2.81. The van der Waals surface area contributed by atoms with Crippen LogP contribution in [0.1, 0.15) is 54.4 Å². The van der Waals surface area contributed by atoms with Gasteiger partial charge in [-0.3, -0.25) is 0 Å². The lowest BCUT2D eigenvalue weighted by Crippen LogP contribution is -2.50. The Balaban J connectivity index is 0.00000145. The lowest BCUT2D eigenvalue weighted by Gasteiger charge is -2.38. The molecule has 0 aromatic carbocycles. The fraction of sp³-hybridized carbons (Fsp3) is 0.696. The summed E-state index contributed by atoms with van der Waals surface area (Å²) in [6, 6.07) is 0. The largest absolute Gasteiger partial charge is 0.302 e. The van der Waals surface area contributed by atoms with Crippen molar-refractivity contribution in [2.75, 3.05) is 31.1 Å². The van der Waals surface area contributed by atoms with Gasteiger partial charge in [0.2, 0.25) is 0 Å². The number of allylic oxidation sites excluding steroid dienone is 5. The second kappa shape index (κ2) is 8.49. The summed E-state index contributed by atoms with van der Waals surface area (Å²) >= 11 is 0. The second-order valence-electron chi connectivity index (χ2n) is 9.49. The molecule has 6 heteroatoms. The fourth-order valence-electron chi connectivity index (χ4n) is 4.64. The Morgan fingerprint density at radius 2 is 1.79 bits per heavy atom. The molecule has 29 heavy (non-hydrogen) atoms. The molecule has 1 spiro atoms. The van der Waals surface area contributed by atoms with Crippen LogP contribution in [0.25, 0.3) is 0 Å². The molecule has 0 aromatic heterocycles.